The maximum atomic E-state index is 11.8. The van der Waals surface area contributed by atoms with Gasteiger partial charge in [-0.2, -0.15) is 5.10 Å². The molecule has 130 valence electrons. The summed E-state index contributed by atoms with van der Waals surface area (Å²) in [6, 6.07) is 11.5. The van der Waals surface area contributed by atoms with Gasteiger partial charge in [-0.25, -0.2) is 5.43 Å². The number of hydrogen-bond acceptors (Lipinski definition) is 4. The number of benzene rings is 2. The van der Waals surface area contributed by atoms with Gasteiger partial charge in [-0.15, -0.1) is 0 Å². The minimum atomic E-state index is -0.898. The Hall–Kier alpha value is -2.57. The molecule has 6 nitrogen and oxygen atoms in total. The second-order valence-corrected chi connectivity index (χ2v) is 5.60. The number of ether oxygens (including phenoxy) is 1. The summed E-state index contributed by atoms with van der Waals surface area (Å²) < 4.78 is 5.30. The molecular weight excluding hydrogens is 365 g/mol. The molecule has 0 aliphatic rings. The lowest BCUT2D eigenvalue weighted by Gasteiger charge is -2.06. The summed E-state index contributed by atoms with van der Waals surface area (Å²) in [6.45, 7) is 2.42. The van der Waals surface area contributed by atoms with Crippen molar-refractivity contribution in [3.8, 4) is 5.75 Å². The molecule has 0 radical (unpaired) electrons. The van der Waals surface area contributed by atoms with Crippen molar-refractivity contribution in [1.29, 1.82) is 0 Å². The Balaban J connectivity index is 1.88. The summed E-state index contributed by atoms with van der Waals surface area (Å²) in [5.41, 5.74) is 3.23. The van der Waals surface area contributed by atoms with E-state index in [9.17, 15) is 9.59 Å². The lowest BCUT2D eigenvalue weighted by molar-refractivity contribution is -0.136. The molecule has 0 fully saturated rings. The molecule has 0 saturated carbocycles. The molecule has 0 aliphatic carbocycles. The van der Waals surface area contributed by atoms with Crippen LogP contribution in [0.2, 0.25) is 10.0 Å². The number of nitrogens with zero attached hydrogens (tertiary/aromatic N) is 1. The fraction of sp³-hybridized carbons (Fsp3) is 0.118. The van der Waals surface area contributed by atoms with E-state index in [2.05, 4.69) is 15.8 Å². The first-order valence-electron chi connectivity index (χ1n) is 7.32. The molecular formula is C17H15Cl2N3O3. The highest BCUT2D eigenvalue weighted by molar-refractivity contribution is 6.42. The lowest BCUT2D eigenvalue weighted by Crippen LogP contribution is -2.32. The molecule has 8 heteroatoms. The van der Waals surface area contributed by atoms with Crippen molar-refractivity contribution in [3.63, 3.8) is 0 Å². The zero-order valence-corrected chi connectivity index (χ0v) is 14.8. The molecule has 2 aromatic rings. The molecule has 0 atom stereocenters. The summed E-state index contributed by atoms with van der Waals surface area (Å²) in [6.07, 6.45) is 1.35. The van der Waals surface area contributed by atoms with Crippen LogP contribution in [0.3, 0.4) is 0 Å². The van der Waals surface area contributed by atoms with E-state index in [0.29, 0.717) is 33.7 Å². The number of nitrogens with one attached hydrogen (secondary N) is 2. The highest BCUT2D eigenvalue weighted by Crippen LogP contribution is 2.21. The predicted octanol–water partition coefficient (Wildman–Crippen LogP) is 3.48. The Morgan fingerprint density at radius 3 is 2.44 bits per heavy atom. The van der Waals surface area contributed by atoms with E-state index in [1.54, 1.807) is 42.5 Å². The maximum absolute atomic E-state index is 11.8. The van der Waals surface area contributed by atoms with Crippen LogP contribution in [0.4, 0.5) is 5.69 Å². The van der Waals surface area contributed by atoms with Crippen LogP contribution in [0.1, 0.15) is 12.5 Å². The number of anilines is 1. The Morgan fingerprint density at radius 1 is 1.08 bits per heavy atom. The van der Waals surface area contributed by atoms with Crippen LogP contribution in [0.5, 0.6) is 5.75 Å². The van der Waals surface area contributed by atoms with Crippen molar-refractivity contribution in [3.05, 3.63) is 58.1 Å². The van der Waals surface area contributed by atoms with Crippen molar-refractivity contribution < 1.29 is 14.3 Å². The number of hydrogen-bond donors (Lipinski definition) is 2. The molecule has 2 rings (SSSR count). The molecule has 2 N–H and O–H groups in total. The fourth-order valence-electron chi connectivity index (χ4n) is 1.80. The first kappa shape index (κ1) is 18.8. The smallest absolute Gasteiger partial charge is 0.329 e. The van der Waals surface area contributed by atoms with Gasteiger partial charge in [-0.3, -0.25) is 9.59 Å². The van der Waals surface area contributed by atoms with E-state index in [1.807, 2.05) is 6.92 Å². The highest BCUT2D eigenvalue weighted by Gasteiger charge is 2.12. The van der Waals surface area contributed by atoms with E-state index < -0.39 is 11.8 Å². The quantitative estimate of drug-likeness (QED) is 0.474. The van der Waals surface area contributed by atoms with Crippen LogP contribution in [-0.4, -0.2) is 24.6 Å². The second-order valence-electron chi connectivity index (χ2n) is 4.78. The third-order valence-corrected chi connectivity index (χ3v) is 3.69. The summed E-state index contributed by atoms with van der Waals surface area (Å²) in [7, 11) is 0. The molecule has 2 amide bonds. The number of carbonyl (C=O) groups is 2. The van der Waals surface area contributed by atoms with Gasteiger partial charge in [0, 0.05) is 5.69 Å². The number of carbonyl (C=O) groups excluding carboxylic acids is 2. The van der Waals surface area contributed by atoms with Gasteiger partial charge in [-0.05, 0) is 48.9 Å². The third-order valence-electron chi connectivity index (χ3n) is 2.95. The van der Waals surface area contributed by atoms with E-state index >= 15 is 0 Å². The zero-order chi connectivity index (χ0) is 18.2. The largest absolute Gasteiger partial charge is 0.494 e. The van der Waals surface area contributed by atoms with E-state index in [0.717, 1.165) is 0 Å². The Bertz CT molecular complexity index is 792. The van der Waals surface area contributed by atoms with Crippen LogP contribution < -0.4 is 15.5 Å². The highest BCUT2D eigenvalue weighted by atomic mass is 35.5. The molecule has 0 aromatic heterocycles. The molecule has 0 bridgehead atoms. The monoisotopic (exact) mass is 379 g/mol. The van der Waals surface area contributed by atoms with Gasteiger partial charge in [0.25, 0.3) is 0 Å². The van der Waals surface area contributed by atoms with Gasteiger partial charge in [0.15, 0.2) is 0 Å². The Kier molecular flexibility index (Phi) is 6.80. The number of halogens is 2. The summed E-state index contributed by atoms with van der Waals surface area (Å²) in [5, 5.41) is 6.94. The molecule has 0 heterocycles. The molecule has 0 saturated heterocycles. The predicted molar refractivity (Wildman–Crippen MR) is 98.4 cm³/mol. The summed E-state index contributed by atoms with van der Waals surface area (Å²) in [5.74, 6) is -1.06. The van der Waals surface area contributed by atoms with Crippen LogP contribution in [0.25, 0.3) is 0 Å². The summed E-state index contributed by atoms with van der Waals surface area (Å²) in [4.78, 5) is 23.5. The van der Waals surface area contributed by atoms with Crippen molar-refractivity contribution in [1.82, 2.24) is 5.43 Å². The molecule has 0 unspecified atom stereocenters. The topological polar surface area (TPSA) is 79.8 Å². The average molecular weight is 380 g/mol. The lowest BCUT2D eigenvalue weighted by atomic mass is 10.2. The maximum Gasteiger partial charge on any atom is 0.329 e. The first-order valence-corrected chi connectivity index (χ1v) is 8.07. The minimum absolute atomic E-state index is 0.366. The van der Waals surface area contributed by atoms with Gasteiger partial charge in [0.1, 0.15) is 5.75 Å². The van der Waals surface area contributed by atoms with E-state index in [4.69, 9.17) is 27.9 Å². The van der Waals surface area contributed by atoms with E-state index in [-0.39, 0.29) is 0 Å². The third kappa shape index (κ3) is 5.77. The molecule has 0 spiro atoms. The van der Waals surface area contributed by atoms with Gasteiger partial charge in [0.05, 0.1) is 22.9 Å². The van der Waals surface area contributed by atoms with Crippen LogP contribution in [0, 0.1) is 0 Å². The van der Waals surface area contributed by atoms with Gasteiger partial charge < -0.3 is 10.1 Å². The second kappa shape index (κ2) is 9.05. The minimum Gasteiger partial charge on any atom is -0.494 e. The average Bonchev–Trinajstić information content (AvgIpc) is 2.60. The van der Waals surface area contributed by atoms with Crippen molar-refractivity contribution in [2.75, 3.05) is 11.9 Å². The van der Waals surface area contributed by atoms with Crippen molar-refractivity contribution in [2.24, 2.45) is 5.10 Å². The Morgan fingerprint density at radius 2 is 1.80 bits per heavy atom. The Labute approximate surface area is 154 Å². The molecule has 0 aliphatic heterocycles. The number of rotatable bonds is 5. The standard InChI is InChI=1S/C17H15Cl2N3O3/c1-2-25-13-6-4-12(5-7-13)21-16(23)17(24)22-20-10-11-3-8-14(18)15(19)9-11/h3-10H,2H2,1H3,(H,21,23)(H,22,24)/b20-10+. The van der Waals surface area contributed by atoms with Crippen molar-refractivity contribution >= 4 is 46.9 Å². The molecule has 2 aromatic carbocycles. The van der Waals surface area contributed by atoms with Gasteiger partial charge >= 0.3 is 11.8 Å². The van der Waals surface area contributed by atoms with E-state index in [1.165, 1.54) is 6.21 Å². The number of amides is 2. The normalized spacial score (nSPS) is 10.5. The summed E-state index contributed by atoms with van der Waals surface area (Å²) >= 11 is 11.7. The van der Waals surface area contributed by atoms with Gasteiger partial charge in [0.2, 0.25) is 0 Å². The zero-order valence-electron chi connectivity index (χ0n) is 13.3. The SMILES string of the molecule is CCOc1ccc(NC(=O)C(=O)N/N=C/c2ccc(Cl)c(Cl)c2)cc1. The molecule has 25 heavy (non-hydrogen) atoms. The number of hydrazone groups is 1. The van der Waals surface area contributed by atoms with Crippen LogP contribution >= 0.6 is 23.2 Å². The van der Waals surface area contributed by atoms with Crippen LogP contribution in [0.15, 0.2) is 47.6 Å². The first-order chi connectivity index (χ1) is 12.0. The van der Waals surface area contributed by atoms with Crippen LogP contribution in [-0.2, 0) is 9.59 Å². The fourth-order valence-corrected chi connectivity index (χ4v) is 2.10. The van der Waals surface area contributed by atoms with Crippen molar-refractivity contribution in [2.45, 2.75) is 6.92 Å². The van der Waals surface area contributed by atoms with Gasteiger partial charge in [-0.1, -0.05) is 29.3 Å².